The molecule has 0 saturated heterocycles. The van der Waals surface area contributed by atoms with Crippen LogP contribution in [0.1, 0.15) is 26.3 Å². The number of aromatic nitrogens is 2. The number of hydrogen-bond acceptors (Lipinski definition) is 4. The lowest BCUT2D eigenvalue weighted by Crippen LogP contribution is -2.06. The lowest BCUT2D eigenvalue weighted by atomic mass is 10.1. The van der Waals surface area contributed by atoms with Gasteiger partial charge in [0.1, 0.15) is 17.5 Å². The van der Waals surface area contributed by atoms with Crippen molar-refractivity contribution in [2.24, 2.45) is 0 Å². The number of pyridine rings is 1. The number of nitrogens with zero attached hydrogens (tertiary/aromatic N) is 2. The van der Waals surface area contributed by atoms with Gasteiger partial charge in [-0.3, -0.25) is 4.79 Å². The molecule has 0 saturated carbocycles. The van der Waals surface area contributed by atoms with E-state index in [2.05, 4.69) is 9.97 Å². The monoisotopic (exact) mass is 269 g/mol. The third-order valence-corrected chi connectivity index (χ3v) is 2.73. The number of nitrogens with one attached hydrogen (secondary N) is 1. The van der Waals surface area contributed by atoms with E-state index in [0.29, 0.717) is 11.4 Å². The van der Waals surface area contributed by atoms with Crippen LogP contribution < -0.4 is 4.74 Å². The van der Waals surface area contributed by atoms with Crippen molar-refractivity contribution in [3.8, 4) is 11.8 Å². The molecule has 102 valence electrons. The number of ether oxygens (including phenoxy) is 1. The van der Waals surface area contributed by atoms with Crippen LogP contribution in [0.2, 0.25) is 0 Å². The second kappa shape index (κ2) is 5.57. The van der Waals surface area contributed by atoms with Crippen LogP contribution in [-0.4, -0.2) is 21.9 Å². The molecule has 5 nitrogen and oxygen atoms in total. The Balaban J connectivity index is 2.61. The van der Waals surface area contributed by atoms with Gasteiger partial charge < -0.3 is 9.72 Å². The summed E-state index contributed by atoms with van der Waals surface area (Å²) in [5.74, 6) is 0.412. The number of carbonyl (C=O) groups is 1. The standard InChI is InChI=1S/C15H15N3O2/c1-9(2)20-13-4-5-17-15-14(13)12(8-18-15)6-11(7-16)10(3)19/h4-6,8-9H,1-3H3,(H,17,18)/b11-6+. The van der Waals surface area contributed by atoms with Gasteiger partial charge in [0, 0.05) is 18.0 Å². The number of carbonyl (C=O) groups excluding carboxylic acids is 1. The summed E-state index contributed by atoms with van der Waals surface area (Å²) >= 11 is 0. The summed E-state index contributed by atoms with van der Waals surface area (Å²) in [6.07, 6.45) is 4.94. The number of nitriles is 1. The summed E-state index contributed by atoms with van der Waals surface area (Å²) in [5.41, 5.74) is 1.48. The van der Waals surface area contributed by atoms with E-state index in [-0.39, 0.29) is 17.5 Å². The normalized spacial score (nSPS) is 11.7. The van der Waals surface area contributed by atoms with Crippen molar-refractivity contribution in [3.05, 3.63) is 29.6 Å². The molecule has 0 unspecified atom stereocenters. The van der Waals surface area contributed by atoms with Gasteiger partial charge in [-0.2, -0.15) is 5.26 Å². The summed E-state index contributed by atoms with van der Waals surface area (Å²) in [7, 11) is 0. The van der Waals surface area contributed by atoms with Crippen LogP contribution in [0.15, 0.2) is 24.0 Å². The lowest BCUT2D eigenvalue weighted by Gasteiger charge is -2.10. The van der Waals surface area contributed by atoms with Crippen molar-refractivity contribution in [2.45, 2.75) is 26.9 Å². The SMILES string of the molecule is CC(=O)/C(C#N)=C/c1c[nH]c2nccc(OC(C)C)c12. The lowest BCUT2D eigenvalue weighted by molar-refractivity contribution is -0.113. The first-order valence-electron chi connectivity index (χ1n) is 6.28. The maximum absolute atomic E-state index is 11.4. The molecule has 2 aromatic heterocycles. The van der Waals surface area contributed by atoms with Crippen LogP contribution in [0.3, 0.4) is 0 Å². The van der Waals surface area contributed by atoms with Crippen molar-refractivity contribution >= 4 is 22.9 Å². The molecule has 2 aromatic rings. The quantitative estimate of drug-likeness (QED) is 0.683. The Morgan fingerprint density at radius 2 is 2.30 bits per heavy atom. The average molecular weight is 269 g/mol. The number of hydrogen-bond donors (Lipinski definition) is 1. The number of Topliss-reactive ketones (excluding diaryl/α,β-unsaturated/α-hetero) is 1. The summed E-state index contributed by atoms with van der Waals surface area (Å²) < 4.78 is 5.75. The average Bonchev–Trinajstić information content (AvgIpc) is 2.79. The molecule has 0 aliphatic heterocycles. The first-order valence-corrected chi connectivity index (χ1v) is 6.28. The van der Waals surface area contributed by atoms with Crippen LogP contribution >= 0.6 is 0 Å². The highest BCUT2D eigenvalue weighted by atomic mass is 16.5. The Kier molecular flexibility index (Phi) is 3.85. The summed E-state index contributed by atoms with van der Waals surface area (Å²) in [5, 5.41) is 9.76. The number of ketones is 1. The van der Waals surface area contributed by atoms with E-state index in [1.54, 1.807) is 24.5 Å². The highest BCUT2D eigenvalue weighted by Crippen LogP contribution is 2.29. The van der Waals surface area contributed by atoms with Gasteiger partial charge in [-0.05, 0) is 32.9 Å². The Hall–Kier alpha value is -2.61. The molecule has 0 amide bonds. The fourth-order valence-corrected chi connectivity index (χ4v) is 1.88. The predicted molar refractivity (Wildman–Crippen MR) is 76.1 cm³/mol. The van der Waals surface area contributed by atoms with Crippen LogP contribution in [-0.2, 0) is 4.79 Å². The Bertz CT molecular complexity index is 720. The fraction of sp³-hybridized carbons (Fsp3) is 0.267. The minimum Gasteiger partial charge on any atom is -0.490 e. The highest BCUT2D eigenvalue weighted by Gasteiger charge is 2.12. The van der Waals surface area contributed by atoms with E-state index >= 15 is 0 Å². The van der Waals surface area contributed by atoms with Gasteiger partial charge in [0.2, 0.25) is 0 Å². The highest BCUT2D eigenvalue weighted by molar-refractivity contribution is 6.04. The maximum atomic E-state index is 11.4. The van der Waals surface area contributed by atoms with Gasteiger partial charge in [0.05, 0.1) is 17.1 Å². The summed E-state index contributed by atoms with van der Waals surface area (Å²) in [6, 6.07) is 3.67. The minimum absolute atomic E-state index is 0.0237. The van der Waals surface area contributed by atoms with Crippen LogP contribution in [0.25, 0.3) is 17.1 Å². The number of H-pyrrole nitrogens is 1. The minimum atomic E-state index is -0.267. The van der Waals surface area contributed by atoms with E-state index in [9.17, 15) is 4.79 Å². The molecule has 0 bridgehead atoms. The molecule has 5 heteroatoms. The Morgan fingerprint density at radius 3 is 2.90 bits per heavy atom. The first kappa shape index (κ1) is 13.8. The third kappa shape index (κ3) is 2.69. The second-order valence-electron chi connectivity index (χ2n) is 4.67. The van der Waals surface area contributed by atoms with Crippen molar-refractivity contribution in [1.29, 1.82) is 5.26 Å². The predicted octanol–water partition coefficient (Wildman–Crippen LogP) is 2.85. The molecule has 2 heterocycles. The van der Waals surface area contributed by atoms with E-state index in [0.717, 1.165) is 10.9 Å². The largest absolute Gasteiger partial charge is 0.490 e. The van der Waals surface area contributed by atoms with Crippen LogP contribution in [0.4, 0.5) is 0 Å². The van der Waals surface area contributed by atoms with Crippen molar-refractivity contribution in [2.75, 3.05) is 0 Å². The molecule has 0 aliphatic carbocycles. The molecule has 0 aromatic carbocycles. The molecule has 20 heavy (non-hydrogen) atoms. The number of rotatable bonds is 4. The van der Waals surface area contributed by atoms with Crippen LogP contribution in [0.5, 0.6) is 5.75 Å². The van der Waals surface area contributed by atoms with E-state index in [1.807, 2.05) is 19.9 Å². The molecule has 0 spiro atoms. The molecule has 0 aliphatic rings. The van der Waals surface area contributed by atoms with Gasteiger partial charge in [0.25, 0.3) is 0 Å². The zero-order chi connectivity index (χ0) is 14.7. The maximum Gasteiger partial charge on any atom is 0.170 e. The molecule has 0 fully saturated rings. The van der Waals surface area contributed by atoms with Crippen LogP contribution in [0, 0.1) is 11.3 Å². The number of fused-ring (bicyclic) bond motifs is 1. The van der Waals surface area contributed by atoms with E-state index in [1.165, 1.54) is 6.92 Å². The topological polar surface area (TPSA) is 78.8 Å². The summed E-state index contributed by atoms with van der Waals surface area (Å²) in [6.45, 7) is 5.24. The molecular weight excluding hydrogens is 254 g/mol. The van der Waals surface area contributed by atoms with Crippen molar-refractivity contribution < 1.29 is 9.53 Å². The van der Waals surface area contributed by atoms with Gasteiger partial charge in [-0.1, -0.05) is 0 Å². The molecule has 2 rings (SSSR count). The zero-order valence-electron chi connectivity index (χ0n) is 11.6. The molecule has 0 atom stereocenters. The molecule has 1 N–H and O–H groups in total. The van der Waals surface area contributed by atoms with Crippen molar-refractivity contribution in [3.63, 3.8) is 0 Å². The van der Waals surface area contributed by atoms with Crippen molar-refractivity contribution in [1.82, 2.24) is 9.97 Å². The number of aromatic amines is 1. The smallest absolute Gasteiger partial charge is 0.170 e. The molecule has 0 radical (unpaired) electrons. The Morgan fingerprint density at radius 1 is 1.55 bits per heavy atom. The zero-order valence-corrected chi connectivity index (χ0v) is 11.6. The van der Waals surface area contributed by atoms with E-state index < -0.39 is 0 Å². The van der Waals surface area contributed by atoms with Gasteiger partial charge in [0.15, 0.2) is 5.78 Å². The Labute approximate surface area is 116 Å². The third-order valence-electron chi connectivity index (χ3n) is 2.73. The van der Waals surface area contributed by atoms with E-state index in [4.69, 9.17) is 10.00 Å². The first-order chi connectivity index (χ1) is 9.52. The second-order valence-corrected chi connectivity index (χ2v) is 4.67. The summed E-state index contributed by atoms with van der Waals surface area (Å²) in [4.78, 5) is 18.6. The van der Waals surface area contributed by atoms with Gasteiger partial charge >= 0.3 is 0 Å². The molecular formula is C15H15N3O2. The fourth-order valence-electron chi connectivity index (χ4n) is 1.88. The van der Waals surface area contributed by atoms with Gasteiger partial charge in [-0.25, -0.2) is 4.98 Å². The number of allylic oxidation sites excluding steroid dienone is 1. The van der Waals surface area contributed by atoms with Gasteiger partial charge in [-0.15, -0.1) is 0 Å².